The molecule has 2 aromatic carbocycles. The van der Waals surface area contributed by atoms with Crippen LogP contribution in [0.5, 0.6) is 5.75 Å². The topological polar surface area (TPSA) is 136 Å². The van der Waals surface area contributed by atoms with Gasteiger partial charge in [0.15, 0.2) is 0 Å². The Bertz CT molecular complexity index is 1820. The van der Waals surface area contributed by atoms with Gasteiger partial charge in [0.05, 0.1) is 36.7 Å². The zero-order valence-electron chi connectivity index (χ0n) is 30.5. The van der Waals surface area contributed by atoms with Gasteiger partial charge in [-0.25, -0.2) is 9.00 Å². The Labute approximate surface area is 312 Å². The van der Waals surface area contributed by atoms with Crippen molar-refractivity contribution in [3.8, 4) is 5.75 Å². The molecule has 3 amide bonds. The van der Waals surface area contributed by atoms with E-state index in [2.05, 4.69) is 31.4 Å². The average Bonchev–Trinajstić information content (AvgIpc) is 3.10. The number of nitrogens with one attached hydrogen (secondary N) is 2. The van der Waals surface area contributed by atoms with E-state index >= 15 is 0 Å². The summed E-state index contributed by atoms with van der Waals surface area (Å²) in [6, 6.07) is 10.3. The molecule has 0 spiro atoms. The molecule has 2 aliphatic heterocycles. The van der Waals surface area contributed by atoms with Crippen LogP contribution in [0.3, 0.4) is 0 Å². The zero-order valence-corrected chi connectivity index (χ0v) is 32.1. The molecule has 2 aromatic rings. The van der Waals surface area contributed by atoms with Crippen molar-refractivity contribution in [2.45, 2.75) is 83.9 Å². The molecule has 2 N–H and O–H groups in total. The molecule has 0 saturated heterocycles. The number of benzene rings is 2. The van der Waals surface area contributed by atoms with Gasteiger partial charge in [0.1, 0.15) is 15.7 Å². The Morgan fingerprint density at radius 2 is 1.90 bits per heavy atom. The van der Waals surface area contributed by atoms with Crippen LogP contribution in [-0.2, 0) is 37.1 Å². The van der Waals surface area contributed by atoms with E-state index in [9.17, 15) is 18.6 Å². The second-order valence-electron chi connectivity index (χ2n) is 15.2. The lowest BCUT2D eigenvalue weighted by Crippen LogP contribution is -2.56. The van der Waals surface area contributed by atoms with Crippen molar-refractivity contribution in [1.29, 1.82) is 0 Å². The number of hydrogen-bond acceptors (Lipinski definition) is 8. The molecule has 2 saturated carbocycles. The number of allylic oxidation sites excluding steroid dienone is 1. The van der Waals surface area contributed by atoms with Crippen LogP contribution in [0.25, 0.3) is 0 Å². The van der Waals surface area contributed by atoms with Gasteiger partial charge in [0, 0.05) is 36.8 Å². The molecule has 282 valence electrons. The number of ether oxygens (including phenoxy) is 3. The van der Waals surface area contributed by atoms with Gasteiger partial charge in [-0.15, -0.1) is 4.36 Å². The van der Waals surface area contributed by atoms with Gasteiger partial charge >= 0.3 is 12.0 Å². The smallest absolute Gasteiger partial charge is 0.327 e. The number of amides is 3. The van der Waals surface area contributed by atoms with E-state index < -0.39 is 27.3 Å². The molecule has 5 atom stereocenters. The van der Waals surface area contributed by atoms with Crippen molar-refractivity contribution < 1.29 is 32.8 Å². The molecule has 6 rings (SSSR count). The third-order valence-electron chi connectivity index (χ3n) is 11.1. The first-order valence-electron chi connectivity index (χ1n) is 18.3. The van der Waals surface area contributed by atoms with Gasteiger partial charge in [0.25, 0.3) is 5.91 Å². The summed E-state index contributed by atoms with van der Waals surface area (Å²) in [7, 11) is -0.499. The molecule has 0 radical (unpaired) electrons. The molecule has 11 nitrogen and oxygen atoms in total. The minimum absolute atomic E-state index is 0.0374. The van der Waals surface area contributed by atoms with Crippen molar-refractivity contribution in [3.63, 3.8) is 0 Å². The number of methoxy groups -OCH3 is 2. The first kappa shape index (κ1) is 38.1. The maximum Gasteiger partial charge on any atom is 0.327 e. The molecular weight excluding hydrogens is 704 g/mol. The van der Waals surface area contributed by atoms with E-state index in [0.29, 0.717) is 55.0 Å². The van der Waals surface area contributed by atoms with E-state index in [1.165, 1.54) is 12.7 Å². The summed E-state index contributed by atoms with van der Waals surface area (Å²) in [5.74, 6) is 0.0757. The van der Waals surface area contributed by atoms with Crippen LogP contribution in [0.2, 0.25) is 5.02 Å². The number of hydrogen-bond donors (Lipinski definition) is 2. The van der Waals surface area contributed by atoms with Crippen LogP contribution in [0, 0.1) is 23.2 Å². The minimum atomic E-state index is -3.58. The van der Waals surface area contributed by atoms with E-state index in [1.807, 2.05) is 25.1 Å². The van der Waals surface area contributed by atoms with E-state index in [1.54, 1.807) is 32.2 Å². The molecule has 2 heterocycles. The SMILES string of the molecule is COC(=O)[C@]1(C)C[C@H](NC(=O)NS2(=O)=NC(=O)c3ccc4c(c3)N(Cc3ccc(Cl)cc3CCCCO4)C[C@@H]3CC[C@H]3[C@@H](OC)/C=C/C[C@H](C)C2)C1. The molecular formula is C39H51ClN4O7S. The van der Waals surface area contributed by atoms with E-state index in [4.69, 9.17) is 25.8 Å². The summed E-state index contributed by atoms with van der Waals surface area (Å²) < 4.78 is 38.6. The number of nitrogens with zero attached hydrogens (tertiary/aromatic N) is 2. The Kier molecular flexibility index (Phi) is 11.9. The highest BCUT2D eigenvalue weighted by Gasteiger charge is 2.48. The number of carbonyl (C=O) groups is 3. The fraction of sp³-hybridized carbons (Fsp3) is 0.564. The van der Waals surface area contributed by atoms with Crippen LogP contribution in [0.1, 0.15) is 80.3 Å². The molecule has 2 bridgehead atoms. The van der Waals surface area contributed by atoms with Crippen molar-refractivity contribution in [1.82, 2.24) is 10.0 Å². The number of rotatable bonds is 4. The fourth-order valence-corrected chi connectivity index (χ4v) is 10.1. The standard InChI is InChI=1S/C39H51ClN4O7S/c1-25-8-7-10-34(49-3)32-15-12-29(32)23-44-22-28-11-14-30(40)18-26(28)9-5-6-17-51-35-16-13-27(19-33(35)44)36(45)42-52(48,24-25)43-38(47)41-31-20-39(2,21-31)37(46)50-4/h7,10-11,13-14,16,18-19,25,29,31-32,34H,5-6,8-9,12,15,17,20-24H2,1-4H3,(H2,41,42,43,45,47,48)/b10-7+/t25-,29-,31-,32+,34-,39+,52?/m0/s1. The first-order valence-corrected chi connectivity index (χ1v) is 20.4. The minimum Gasteiger partial charge on any atom is -0.491 e. The quantitative estimate of drug-likeness (QED) is 0.255. The number of fused-ring (bicyclic) bond motifs is 3. The van der Waals surface area contributed by atoms with Gasteiger partial charge in [-0.3, -0.25) is 14.3 Å². The normalized spacial score (nSPS) is 31.4. The molecule has 4 aliphatic rings. The third kappa shape index (κ3) is 8.77. The number of halogens is 1. The molecule has 13 heteroatoms. The average molecular weight is 755 g/mol. The summed E-state index contributed by atoms with van der Waals surface area (Å²) in [4.78, 5) is 41.7. The van der Waals surface area contributed by atoms with Gasteiger partial charge in [0.2, 0.25) is 0 Å². The Balaban J connectivity index is 1.36. The van der Waals surface area contributed by atoms with Crippen molar-refractivity contribution in [3.05, 3.63) is 70.3 Å². The summed E-state index contributed by atoms with van der Waals surface area (Å²) in [5.41, 5.74) is 2.68. The number of carbonyl (C=O) groups excluding carboxylic acids is 3. The van der Waals surface area contributed by atoms with Crippen LogP contribution >= 0.6 is 11.6 Å². The maximum atomic E-state index is 14.5. The summed E-state index contributed by atoms with van der Waals surface area (Å²) in [6.07, 6.45) is 10.2. The van der Waals surface area contributed by atoms with Crippen LogP contribution < -0.4 is 19.7 Å². The summed E-state index contributed by atoms with van der Waals surface area (Å²) in [6.45, 7) is 5.53. The third-order valence-corrected chi connectivity index (χ3v) is 13.3. The van der Waals surface area contributed by atoms with Gasteiger partial charge < -0.3 is 24.4 Å². The van der Waals surface area contributed by atoms with E-state index in [-0.39, 0.29) is 35.3 Å². The Morgan fingerprint density at radius 1 is 1.10 bits per heavy atom. The van der Waals surface area contributed by atoms with Crippen LogP contribution in [0.4, 0.5) is 10.5 Å². The zero-order chi connectivity index (χ0) is 37.0. The number of esters is 1. The van der Waals surface area contributed by atoms with Crippen molar-refractivity contribution in [2.75, 3.05) is 38.0 Å². The number of aryl methyl sites for hydroxylation is 1. The summed E-state index contributed by atoms with van der Waals surface area (Å²) in [5, 5.41) is 3.51. The highest BCUT2D eigenvalue weighted by atomic mass is 35.5. The lowest BCUT2D eigenvalue weighted by Gasteiger charge is -2.43. The molecule has 52 heavy (non-hydrogen) atoms. The largest absolute Gasteiger partial charge is 0.491 e. The molecule has 1 unspecified atom stereocenters. The number of anilines is 1. The maximum absolute atomic E-state index is 14.5. The van der Waals surface area contributed by atoms with Gasteiger partial charge in [-0.1, -0.05) is 36.7 Å². The Morgan fingerprint density at radius 3 is 2.63 bits per heavy atom. The highest BCUT2D eigenvalue weighted by molar-refractivity contribution is 7.92. The lowest BCUT2D eigenvalue weighted by molar-refractivity contribution is -0.158. The predicted octanol–water partition coefficient (Wildman–Crippen LogP) is 6.86. The van der Waals surface area contributed by atoms with Gasteiger partial charge in [-0.05, 0) is 118 Å². The van der Waals surface area contributed by atoms with Gasteiger partial charge in [-0.2, -0.15) is 0 Å². The van der Waals surface area contributed by atoms with Crippen molar-refractivity contribution in [2.24, 2.45) is 27.5 Å². The second kappa shape index (κ2) is 16.2. The predicted molar refractivity (Wildman–Crippen MR) is 202 cm³/mol. The highest BCUT2D eigenvalue weighted by Crippen LogP contribution is 2.43. The lowest BCUT2D eigenvalue weighted by atomic mass is 9.67. The van der Waals surface area contributed by atoms with Crippen LogP contribution in [-0.4, -0.2) is 67.4 Å². The van der Waals surface area contributed by atoms with Crippen molar-refractivity contribution >= 4 is 45.1 Å². The molecule has 2 fully saturated rings. The van der Waals surface area contributed by atoms with Crippen LogP contribution in [0.15, 0.2) is 52.9 Å². The number of urea groups is 1. The first-order chi connectivity index (χ1) is 24.9. The van der Waals surface area contributed by atoms with E-state index in [0.717, 1.165) is 49.9 Å². The summed E-state index contributed by atoms with van der Waals surface area (Å²) >= 11 is 6.46. The molecule has 2 aliphatic carbocycles. The monoisotopic (exact) mass is 754 g/mol. The second-order valence-corrected chi connectivity index (χ2v) is 17.6. The molecule has 0 aromatic heterocycles. The Hall–Kier alpha value is -3.61. The fourth-order valence-electron chi connectivity index (χ4n) is 8.08.